The molecule has 0 aliphatic carbocycles. The summed E-state index contributed by atoms with van der Waals surface area (Å²) in [6, 6.07) is 5.66. The highest BCUT2D eigenvalue weighted by Crippen LogP contribution is 2.27. The third kappa shape index (κ3) is 2.85. The first kappa shape index (κ1) is 14.2. The standard InChI is InChI=1S/C14H12FNO3S/c1-7-5-9(3-4-10(7)15)13(17)16-11-6-8(2)12(20-11)14(18)19/h3-6H,1-2H3,(H,16,17)(H,18,19). The van der Waals surface area contributed by atoms with Gasteiger partial charge >= 0.3 is 5.97 Å². The Morgan fingerprint density at radius 3 is 2.45 bits per heavy atom. The second-order valence-electron chi connectivity index (χ2n) is 4.35. The van der Waals surface area contributed by atoms with Gasteiger partial charge in [-0.15, -0.1) is 11.3 Å². The van der Waals surface area contributed by atoms with Crippen LogP contribution in [0.15, 0.2) is 24.3 Å². The monoisotopic (exact) mass is 293 g/mol. The first-order valence-corrected chi connectivity index (χ1v) is 6.61. The fourth-order valence-electron chi connectivity index (χ4n) is 1.73. The fourth-order valence-corrected chi connectivity index (χ4v) is 2.63. The molecule has 0 spiro atoms. The Balaban J connectivity index is 2.21. The third-order valence-corrected chi connectivity index (χ3v) is 3.91. The van der Waals surface area contributed by atoms with Gasteiger partial charge < -0.3 is 10.4 Å². The van der Waals surface area contributed by atoms with E-state index < -0.39 is 11.9 Å². The highest BCUT2D eigenvalue weighted by molar-refractivity contribution is 7.18. The molecule has 1 amide bonds. The van der Waals surface area contributed by atoms with E-state index in [9.17, 15) is 14.0 Å². The zero-order chi connectivity index (χ0) is 14.9. The highest BCUT2D eigenvalue weighted by atomic mass is 32.1. The molecule has 6 heteroatoms. The Bertz CT molecular complexity index is 694. The van der Waals surface area contributed by atoms with Crippen molar-refractivity contribution in [3.63, 3.8) is 0 Å². The Hall–Kier alpha value is -2.21. The average Bonchev–Trinajstić information content (AvgIpc) is 2.73. The van der Waals surface area contributed by atoms with Crippen LogP contribution in [0.3, 0.4) is 0 Å². The van der Waals surface area contributed by atoms with E-state index in [1.165, 1.54) is 18.2 Å². The number of halogens is 1. The number of carboxylic acids is 1. The van der Waals surface area contributed by atoms with Crippen molar-refractivity contribution < 1.29 is 19.1 Å². The number of hydrogen-bond donors (Lipinski definition) is 2. The quantitative estimate of drug-likeness (QED) is 0.910. The van der Waals surface area contributed by atoms with E-state index in [0.717, 1.165) is 11.3 Å². The molecule has 1 heterocycles. The molecular weight excluding hydrogens is 281 g/mol. The molecule has 1 aromatic heterocycles. The maximum atomic E-state index is 13.1. The van der Waals surface area contributed by atoms with E-state index in [4.69, 9.17) is 5.11 Å². The SMILES string of the molecule is Cc1cc(C(=O)Nc2cc(C)c(C(=O)O)s2)ccc1F. The number of benzene rings is 1. The first-order chi connectivity index (χ1) is 9.38. The summed E-state index contributed by atoms with van der Waals surface area (Å²) < 4.78 is 13.1. The van der Waals surface area contributed by atoms with Crippen LogP contribution in [0.2, 0.25) is 0 Å². The van der Waals surface area contributed by atoms with Crippen molar-refractivity contribution in [1.82, 2.24) is 0 Å². The zero-order valence-electron chi connectivity index (χ0n) is 10.9. The zero-order valence-corrected chi connectivity index (χ0v) is 11.7. The van der Waals surface area contributed by atoms with Crippen LogP contribution in [0.4, 0.5) is 9.39 Å². The van der Waals surface area contributed by atoms with Crippen LogP contribution >= 0.6 is 11.3 Å². The third-order valence-electron chi connectivity index (χ3n) is 2.77. The minimum absolute atomic E-state index is 0.190. The largest absolute Gasteiger partial charge is 0.477 e. The molecule has 20 heavy (non-hydrogen) atoms. The number of carbonyl (C=O) groups excluding carboxylic acids is 1. The van der Waals surface area contributed by atoms with Gasteiger partial charge in [0.2, 0.25) is 0 Å². The minimum atomic E-state index is -1.02. The number of carboxylic acid groups (broad SMARTS) is 1. The summed E-state index contributed by atoms with van der Waals surface area (Å²) >= 11 is 0.992. The van der Waals surface area contributed by atoms with Crippen molar-refractivity contribution in [2.75, 3.05) is 5.32 Å². The van der Waals surface area contributed by atoms with E-state index in [2.05, 4.69) is 5.32 Å². The number of anilines is 1. The van der Waals surface area contributed by atoms with Gasteiger partial charge in [0.25, 0.3) is 5.91 Å². The molecule has 0 bridgehead atoms. The number of aromatic carboxylic acids is 1. The summed E-state index contributed by atoms with van der Waals surface area (Å²) in [6.07, 6.45) is 0. The van der Waals surface area contributed by atoms with E-state index in [1.54, 1.807) is 19.9 Å². The van der Waals surface area contributed by atoms with Crippen molar-refractivity contribution in [2.45, 2.75) is 13.8 Å². The molecule has 0 radical (unpaired) electrons. The van der Waals surface area contributed by atoms with Crippen molar-refractivity contribution in [1.29, 1.82) is 0 Å². The molecule has 4 nitrogen and oxygen atoms in total. The molecular formula is C14H12FNO3S. The molecule has 104 valence electrons. The maximum absolute atomic E-state index is 13.1. The van der Waals surface area contributed by atoms with E-state index in [0.29, 0.717) is 21.7 Å². The van der Waals surface area contributed by atoms with Crippen molar-refractivity contribution in [2.24, 2.45) is 0 Å². The van der Waals surface area contributed by atoms with Gasteiger partial charge in [0.15, 0.2) is 0 Å². The van der Waals surface area contributed by atoms with Crippen molar-refractivity contribution in [3.05, 3.63) is 51.7 Å². The predicted octanol–water partition coefficient (Wildman–Crippen LogP) is 3.45. The van der Waals surface area contributed by atoms with Gasteiger partial charge in [-0.3, -0.25) is 4.79 Å². The van der Waals surface area contributed by atoms with E-state index in [1.807, 2.05) is 0 Å². The van der Waals surface area contributed by atoms with Crippen LogP contribution in [0.1, 0.15) is 31.2 Å². The van der Waals surface area contributed by atoms with Crippen LogP contribution in [0, 0.1) is 19.7 Å². The number of rotatable bonds is 3. The topological polar surface area (TPSA) is 66.4 Å². The number of thiophene rings is 1. The Morgan fingerprint density at radius 2 is 1.90 bits per heavy atom. The van der Waals surface area contributed by atoms with Crippen LogP contribution in [-0.4, -0.2) is 17.0 Å². The van der Waals surface area contributed by atoms with Crippen molar-refractivity contribution >= 4 is 28.2 Å². The molecule has 0 aliphatic rings. The lowest BCUT2D eigenvalue weighted by Crippen LogP contribution is -2.11. The summed E-state index contributed by atoms with van der Waals surface area (Å²) in [6.45, 7) is 3.24. The summed E-state index contributed by atoms with van der Waals surface area (Å²) in [7, 11) is 0. The van der Waals surface area contributed by atoms with Gasteiger partial charge in [0.05, 0.1) is 5.00 Å². The van der Waals surface area contributed by atoms with E-state index in [-0.39, 0.29) is 10.7 Å². The number of amides is 1. The summed E-state index contributed by atoms with van der Waals surface area (Å²) in [4.78, 5) is 23.1. The number of aryl methyl sites for hydroxylation is 2. The molecule has 0 aliphatic heterocycles. The molecule has 0 saturated heterocycles. The Kier molecular flexibility index (Phi) is 3.85. The van der Waals surface area contributed by atoms with Crippen LogP contribution in [0.5, 0.6) is 0 Å². The van der Waals surface area contributed by atoms with Gasteiger partial charge in [0, 0.05) is 5.56 Å². The lowest BCUT2D eigenvalue weighted by atomic mass is 10.1. The normalized spacial score (nSPS) is 10.3. The molecule has 2 N–H and O–H groups in total. The van der Waals surface area contributed by atoms with Crippen molar-refractivity contribution in [3.8, 4) is 0 Å². The van der Waals surface area contributed by atoms with E-state index >= 15 is 0 Å². The molecule has 0 unspecified atom stereocenters. The summed E-state index contributed by atoms with van der Waals surface area (Å²) in [5, 5.41) is 12.0. The van der Waals surface area contributed by atoms with Gasteiger partial charge in [0.1, 0.15) is 10.7 Å². The maximum Gasteiger partial charge on any atom is 0.346 e. The molecule has 1 aromatic carbocycles. The molecule has 0 saturated carbocycles. The Labute approximate surface area is 118 Å². The molecule has 2 rings (SSSR count). The van der Waals surface area contributed by atoms with Gasteiger partial charge in [-0.05, 0) is 49.2 Å². The second kappa shape index (κ2) is 5.42. The van der Waals surface area contributed by atoms with Gasteiger partial charge in [-0.2, -0.15) is 0 Å². The second-order valence-corrected chi connectivity index (χ2v) is 5.40. The average molecular weight is 293 g/mol. The smallest absolute Gasteiger partial charge is 0.346 e. The van der Waals surface area contributed by atoms with Crippen LogP contribution < -0.4 is 5.32 Å². The number of nitrogens with one attached hydrogen (secondary N) is 1. The number of carbonyl (C=O) groups is 2. The lowest BCUT2D eigenvalue weighted by Gasteiger charge is -2.04. The minimum Gasteiger partial charge on any atom is -0.477 e. The Morgan fingerprint density at radius 1 is 1.20 bits per heavy atom. The summed E-state index contributed by atoms with van der Waals surface area (Å²) in [5.74, 6) is -1.79. The molecule has 0 fully saturated rings. The first-order valence-electron chi connectivity index (χ1n) is 5.79. The van der Waals surface area contributed by atoms with Gasteiger partial charge in [-0.1, -0.05) is 0 Å². The van der Waals surface area contributed by atoms with Crippen LogP contribution in [0.25, 0.3) is 0 Å². The molecule has 0 atom stereocenters. The van der Waals surface area contributed by atoms with Crippen LogP contribution in [-0.2, 0) is 0 Å². The highest BCUT2D eigenvalue weighted by Gasteiger charge is 2.14. The molecule has 2 aromatic rings. The lowest BCUT2D eigenvalue weighted by molar-refractivity contribution is 0.0701. The fraction of sp³-hybridized carbons (Fsp3) is 0.143. The predicted molar refractivity (Wildman–Crippen MR) is 75.1 cm³/mol. The van der Waals surface area contributed by atoms with Gasteiger partial charge in [-0.25, -0.2) is 9.18 Å². The number of hydrogen-bond acceptors (Lipinski definition) is 3. The summed E-state index contributed by atoms with van der Waals surface area (Å²) in [5.41, 5.74) is 1.30.